The van der Waals surface area contributed by atoms with Gasteiger partial charge in [-0.15, -0.1) is 11.8 Å². The van der Waals surface area contributed by atoms with Crippen LogP contribution in [0.5, 0.6) is 0 Å². The van der Waals surface area contributed by atoms with Crippen LogP contribution in [-0.2, 0) is 10.5 Å². The van der Waals surface area contributed by atoms with Gasteiger partial charge in [0.15, 0.2) is 0 Å². The van der Waals surface area contributed by atoms with Gasteiger partial charge in [-0.25, -0.2) is 9.37 Å². The van der Waals surface area contributed by atoms with Gasteiger partial charge in [0.05, 0.1) is 5.56 Å². The molecular formula is C18H21FN2O2S. The van der Waals surface area contributed by atoms with E-state index in [1.54, 1.807) is 36.5 Å². The van der Waals surface area contributed by atoms with Crippen molar-refractivity contribution in [3.05, 3.63) is 59.5 Å². The van der Waals surface area contributed by atoms with Gasteiger partial charge in [0, 0.05) is 31.7 Å². The Bertz CT molecular complexity index is 667. The highest BCUT2D eigenvalue weighted by molar-refractivity contribution is 7.98. The number of nitrogens with zero attached hydrogens (tertiary/aromatic N) is 1. The molecular weight excluding hydrogens is 327 g/mol. The lowest BCUT2D eigenvalue weighted by atomic mass is 10.2. The van der Waals surface area contributed by atoms with Crippen molar-refractivity contribution in [1.29, 1.82) is 0 Å². The Balaban J connectivity index is 1.94. The molecule has 128 valence electrons. The summed E-state index contributed by atoms with van der Waals surface area (Å²) < 4.78 is 18.9. The normalized spacial score (nSPS) is 10.6. The van der Waals surface area contributed by atoms with E-state index in [1.807, 2.05) is 6.92 Å². The molecule has 6 heteroatoms. The quantitative estimate of drug-likeness (QED) is 0.555. The molecule has 0 aliphatic heterocycles. The molecule has 1 aromatic heterocycles. The molecule has 0 fully saturated rings. The Kier molecular flexibility index (Phi) is 7.71. The summed E-state index contributed by atoms with van der Waals surface area (Å²) in [7, 11) is 0. The Morgan fingerprint density at radius 1 is 1.29 bits per heavy atom. The molecule has 1 aromatic carbocycles. The second-order valence-electron chi connectivity index (χ2n) is 5.04. The number of hydrogen-bond donors (Lipinski definition) is 1. The first-order valence-electron chi connectivity index (χ1n) is 7.89. The van der Waals surface area contributed by atoms with Gasteiger partial charge in [-0.2, -0.15) is 0 Å². The Morgan fingerprint density at radius 3 is 2.92 bits per heavy atom. The molecule has 2 rings (SSSR count). The van der Waals surface area contributed by atoms with E-state index in [4.69, 9.17) is 4.74 Å². The van der Waals surface area contributed by atoms with E-state index < -0.39 is 0 Å². The van der Waals surface area contributed by atoms with Crippen LogP contribution < -0.4 is 5.32 Å². The van der Waals surface area contributed by atoms with Crippen molar-refractivity contribution in [2.24, 2.45) is 0 Å². The number of benzene rings is 1. The molecule has 4 nitrogen and oxygen atoms in total. The minimum atomic E-state index is -0.247. The third-order valence-electron chi connectivity index (χ3n) is 3.29. The van der Waals surface area contributed by atoms with Crippen LogP contribution >= 0.6 is 11.8 Å². The first kappa shape index (κ1) is 18.4. The van der Waals surface area contributed by atoms with Crippen molar-refractivity contribution in [3.63, 3.8) is 0 Å². The third-order valence-corrected chi connectivity index (χ3v) is 4.35. The summed E-state index contributed by atoms with van der Waals surface area (Å²) >= 11 is 1.35. The van der Waals surface area contributed by atoms with Crippen molar-refractivity contribution < 1.29 is 13.9 Å². The van der Waals surface area contributed by atoms with E-state index in [1.165, 1.54) is 17.8 Å². The molecule has 0 bridgehead atoms. The Morgan fingerprint density at radius 2 is 2.12 bits per heavy atom. The molecule has 0 aliphatic rings. The predicted molar refractivity (Wildman–Crippen MR) is 93.6 cm³/mol. The summed E-state index contributed by atoms with van der Waals surface area (Å²) in [6, 6.07) is 10.1. The molecule has 0 aliphatic carbocycles. The van der Waals surface area contributed by atoms with Crippen molar-refractivity contribution in [2.45, 2.75) is 24.1 Å². The number of rotatable bonds is 9. The smallest absolute Gasteiger partial charge is 0.254 e. The van der Waals surface area contributed by atoms with Crippen molar-refractivity contribution in [1.82, 2.24) is 10.3 Å². The average Bonchev–Trinajstić information content (AvgIpc) is 2.61. The van der Waals surface area contributed by atoms with Gasteiger partial charge in [0.25, 0.3) is 5.91 Å². The number of thioether (sulfide) groups is 1. The fourth-order valence-electron chi connectivity index (χ4n) is 2.06. The maximum absolute atomic E-state index is 13.7. The zero-order chi connectivity index (χ0) is 17.2. The molecule has 24 heavy (non-hydrogen) atoms. The van der Waals surface area contributed by atoms with Crippen LogP contribution in [-0.4, -0.2) is 30.6 Å². The molecule has 0 unspecified atom stereocenters. The summed E-state index contributed by atoms with van der Waals surface area (Å²) in [5.41, 5.74) is 1.10. The number of pyridine rings is 1. The summed E-state index contributed by atoms with van der Waals surface area (Å²) in [5, 5.41) is 3.46. The van der Waals surface area contributed by atoms with E-state index in [9.17, 15) is 9.18 Å². The van der Waals surface area contributed by atoms with E-state index >= 15 is 0 Å². The van der Waals surface area contributed by atoms with E-state index in [0.29, 0.717) is 41.7 Å². The van der Waals surface area contributed by atoms with Gasteiger partial charge in [-0.05, 0) is 37.1 Å². The molecule has 0 atom stereocenters. The largest absolute Gasteiger partial charge is 0.382 e. The number of amides is 1. The predicted octanol–water partition coefficient (Wildman–Crippen LogP) is 3.67. The van der Waals surface area contributed by atoms with Crippen LogP contribution in [0.4, 0.5) is 4.39 Å². The van der Waals surface area contributed by atoms with Crippen molar-refractivity contribution in [2.75, 3.05) is 19.8 Å². The van der Waals surface area contributed by atoms with Crippen molar-refractivity contribution >= 4 is 17.7 Å². The van der Waals surface area contributed by atoms with Gasteiger partial charge in [0.2, 0.25) is 0 Å². The lowest BCUT2D eigenvalue weighted by molar-refractivity contribution is 0.0940. The molecule has 0 saturated carbocycles. The highest BCUT2D eigenvalue weighted by Crippen LogP contribution is 2.25. The lowest BCUT2D eigenvalue weighted by Gasteiger charge is -2.09. The highest BCUT2D eigenvalue weighted by Gasteiger charge is 2.13. The minimum Gasteiger partial charge on any atom is -0.382 e. The number of ether oxygens (including phenoxy) is 1. The molecule has 0 saturated heterocycles. The molecule has 2 aromatic rings. The first-order chi connectivity index (χ1) is 11.7. The van der Waals surface area contributed by atoms with Crippen LogP contribution in [0.25, 0.3) is 0 Å². The van der Waals surface area contributed by atoms with Crippen LogP contribution in [0.15, 0.2) is 47.6 Å². The van der Waals surface area contributed by atoms with Crippen LogP contribution in [0.3, 0.4) is 0 Å². The number of nitrogens with one attached hydrogen (secondary N) is 1. The van der Waals surface area contributed by atoms with Gasteiger partial charge in [-0.3, -0.25) is 4.79 Å². The van der Waals surface area contributed by atoms with Crippen LogP contribution in [0.2, 0.25) is 0 Å². The van der Waals surface area contributed by atoms with E-state index in [0.717, 1.165) is 6.42 Å². The fourth-order valence-corrected chi connectivity index (χ4v) is 3.03. The second kappa shape index (κ2) is 10.1. The third kappa shape index (κ3) is 5.62. The fraction of sp³-hybridized carbons (Fsp3) is 0.333. The van der Waals surface area contributed by atoms with Gasteiger partial charge in [0.1, 0.15) is 10.8 Å². The zero-order valence-electron chi connectivity index (χ0n) is 13.6. The number of aromatic nitrogens is 1. The molecule has 0 radical (unpaired) electrons. The summed E-state index contributed by atoms with van der Waals surface area (Å²) in [6.45, 7) is 3.78. The lowest BCUT2D eigenvalue weighted by Crippen LogP contribution is -2.26. The Labute approximate surface area is 145 Å². The number of carbonyl (C=O) groups is 1. The average molecular weight is 348 g/mol. The zero-order valence-corrected chi connectivity index (χ0v) is 14.4. The minimum absolute atomic E-state index is 0.171. The maximum Gasteiger partial charge on any atom is 0.254 e. The SMILES string of the molecule is CCOCCCNC(=O)c1cccnc1SCc1ccccc1F. The van der Waals surface area contributed by atoms with Crippen LogP contribution in [0.1, 0.15) is 29.3 Å². The molecule has 1 N–H and O–H groups in total. The molecule has 1 heterocycles. The second-order valence-corrected chi connectivity index (χ2v) is 6.01. The molecule has 0 spiro atoms. The first-order valence-corrected chi connectivity index (χ1v) is 8.88. The topological polar surface area (TPSA) is 51.2 Å². The summed E-state index contributed by atoms with van der Waals surface area (Å²) in [5.74, 6) is 0.00684. The summed E-state index contributed by atoms with van der Waals surface area (Å²) in [6.07, 6.45) is 2.40. The maximum atomic E-state index is 13.7. The monoisotopic (exact) mass is 348 g/mol. The standard InChI is InChI=1S/C18H21FN2O2S/c1-2-23-12-6-11-20-17(22)15-8-5-10-21-18(15)24-13-14-7-3-4-9-16(14)19/h3-5,7-10H,2,6,11-13H2,1H3,(H,20,22). The van der Waals surface area contributed by atoms with Crippen LogP contribution in [0, 0.1) is 5.82 Å². The van der Waals surface area contributed by atoms with Gasteiger partial charge < -0.3 is 10.1 Å². The molecule has 1 amide bonds. The number of carbonyl (C=O) groups excluding carboxylic acids is 1. The van der Waals surface area contributed by atoms with E-state index in [2.05, 4.69) is 10.3 Å². The highest BCUT2D eigenvalue weighted by atomic mass is 32.2. The summed E-state index contributed by atoms with van der Waals surface area (Å²) in [4.78, 5) is 16.6. The van der Waals surface area contributed by atoms with E-state index in [-0.39, 0.29) is 11.7 Å². The van der Waals surface area contributed by atoms with Crippen molar-refractivity contribution in [3.8, 4) is 0 Å². The number of halogens is 1. The number of hydrogen-bond acceptors (Lipinski definition) is 4. The van der Waals surface area contributed by atoms with Gasteiger partial charge in [-0.1, -0.05) is 18.2 Å². The van der Waals surface area contributed by atoms with Gasteiger partial charge >= 0.3 is 0 Å². The Hall–Kier alpha value is -1.92.